The van der Waals surface area contributed by atoms with Gasteiger partial charge in [0.05, 0.1) is 0 Å². The van der Waals surface area contributed by atoms with Crippen LogP contribution in [-0.4, -0.2) is 11.1 Å². The smallest absolute Gasteiger partial charge is 0.336 e. The van der Waals surface area contributed by atoms with Crippen molar-refractivity contribution in [1.29, 1.82) is 0 Å². The summed E-state index contributed by atoms with van der Waals surface area (Å²) in [4.78, 5) is 14.2. The molecule has 2 aromatic carbocycles. The van der Waals surface area contributed by atoms with Crippen molar-refractivity contribution in [3.05, 3.63) is 70.1 Å². The number of nitrogens with zero attached hydrogens (tertiary/aromatic N) is 1. The second-order valence-corrected chi connectivity index (χ2v) is 6.08. The van der Waals surface area contributed by atoms with E-state index in [2.05, 4.69) is 30.0 Å². The van der Waals surface area contributed by atoms with E-state index in [4.69, 9.17) is 4.42 Å². The Kier molecular flexibility index (Phi) is 3.11. The zero-order valence-corrected chi connectivity index (χ0v) is 12.8. The highest BCUT2D eigenvalue weighted by Crippen LogP contribution is 2.34. The van der Waals surface area contributed by atoms with Gasteiger partial charge < -0.3 is 14.4 Å². The Hall–Kier alpha value is -2.75. The third-order valence-electron chi connectivity index (χ3n) is 4.50. The van der Waals surface area contributed by atoms with Crippen LogP contribution in [0.1, 0.15) is 18.1 Å². The van der Waals surface area contributed by atoms with Crippen LogP contribution < -0.4 is 10.5 Å². The fourth-order valence-corrected chi connectivity index (χ4v) is 3.40. The zero-order chi connectivity index (χ0) is 16.0. The molecule has 0 unspecified atom stereocenters. The Balaban J connectivity index is 1.80. The quantitative estimate of drug-likeness (QED) is 0.737. The minimum atomic E-state index is -0.391. The first-order chi connectivity index (χ1) is 11.1. The first kappa shape index (κ1) is 13.9. The van der Waals surface area contributed by atoms with E-state index in [1.54, 1.807) is 18.2 Å². The first-order valence-electron chi connectivity index (χ1n) is 7.72. The lowest BCUT2D eigenvalue weighted by Crippen LogP contribution is -2.29. The molecule has 0 bridgehead atoms. The lowest BCUT2D eigenvalue weighted by Gasteiger charge is -2.25. The summed E-state index contributed by atoms with van der Waals surface area (Å²) < 4.78 is 5.21. The number of rotatable bonds is 2. The molecule has 1 N–H and O–H groups in total. The van der Waals surface area contributed by atoms with Gasteiger partial charge in [0.15, 0.2) is 0 Å². The maximum absolute atomic E-state index is 11.8. The average molecular weight is 307 g/mol. The molecule has 1 aromatic heterocycles. The number of anilines is 1. The van der Waals surface area contributed by atoms with Gasteiger partial charge in [-0.3, -0.25) is 0 Å². The molecule has 0 aliphatic carbocycles. The molecule has 2 heterocycles. The number of benzene rings is 2. The number of phenolic OH excluding ortho intramolecular Hbond substituents is 1. The third kappa shape index (κ3) is 2.36. The average Bonchev–Trinajstić information content (AvgIpc) is 2.83. The molecular formula is C19H17NO3. The number of aromatic hydroxyl groups is 1. The molecular weight excluding hydrogens is 290 g/mol. The molecule has 0 amide bonds. The lowest BCUT2D eigenvalue weighted by molar-refractivity contribution is 0.473. The molecule has 0 fully saturated rings. The summed E-state index contributed by atoms with van der Waals surface area (Å²) >= 11 is 0. The van der Waals surface area contributed by atoms with E-state index in [9.17, 15) is 9.90 Å². The number of hydrogen-bond acceptors (Lipinski definition) is 4. The van der Waals surface area contributed by atoms with Gasteiger partial charge >= 0.3 is 5.63 Å². The van der Waals surface area contributed by atoms with Gasteiger partial charge in [-0.2, -0.15) is 0 Å². The van der Waals surface area contributed by atoms with Crippen LogP contribution in [-0.2, 0) is 13.0 Å². The highest BCUT2D eigenvalue weighted by atomic mass is 16.4. The Morgan fingerprint density at radius 3 is 2.91 bits per heavy atom. The summed E-state index contributed by atoms with van der Waals surface area (Å²) in [7, 11) is 0. The van der Waals surface area contributed by atoms with Crippen molar-refractivity contribution in [2.24, 2.45) is 0 Å². The number of phenols is 1. The van der Waals surface area contributed by atoms with Crippen LogP contribution in [0.15, 0.2) is 57.7 Å². The number of fused-ring (bicyclic) bond motifs is 2. The second kappa shape index (κ2) is 5.16. The predicted octanol–water partition coefficient (Wildman–Crippen LogP) is 3.45. The van der Waals surface area contributed by atoms with Gasteiger partial charge in [0, 0.05) is 35.8 Å². The van der Waals surface area contributed by atoms with Crippen LogP contribution in [0.5, 0.6) is 5.75 Å². The number of hydrogen-bond donors (Lipinski definition) is 1. The van der Waals surface area contributed by atoms with Gasteiger partial charge in [-0.1, -0.05) is 18.2 Å². The first-order valence-corrected chi connectivity index (χ1v) is 7.72. The normalized spacial score (nSPS) is 16.7. The van der Waals surface area contributed by atoms with Gasteiger partial charge in [-0.25, -0.2) is 4.79 Å². The molecule has 116 valence electrons. The molecule has 23 heavy (non-hydrogen) atoms. The van der Waals surface area contributed by atoms with Gasteiger partial charge in [0.2, 0.25) is 0 Å². The van der Waals surface area contributed by atoms with Crippen molar-refractivity contribution in [3.8, 4) is 5.75 Å². The van der Waals surface area contributed by atoms with Crippen LogP contribution >= 0.6 is 0 Å². The van der Waals surface area contributed by atoms with Crippen LogP contribution in [0.25, 0.3) is 11.0 Å². The van der Waals surface area contributed by atoms with E-state index in [1.165, 1.54) is 17.3 Å². The van der Waals surface area contributed by atoms with E-state index in [-0.39, 0.29) is 5.75 Å². The van der Waals surface area contributed by atoms with E-state index in [0.717, 1.165) is 17.4 Å². The molecule has 4 nitrogen and oxygen atoms in total. The predicted molar refractivity (Wildman–Crippen MR) is 89.9 cm³/mol. The molecule has 1 atom stereocenters. The van der Waals surface area contributed by atoms with Gasteiger partial charge in [0.1, 0.15) is 11.3 Å². The third-order valence-corrected chi connectivity index (χ3v) is 4.50. The van der Waals surface area contributed by atoms with Crippen LogP contribution in [0, 0.1) is 0 Å². The standard InChI is InChI=1S/C19H17NO3/c1-12-8-13-4-2-3-5-17(13)20(12)11-14-9-19(22)23-18-10-15(21)6-7-16(14)18/h2-7,9-10,12,21H,8,11H2,1H3/t12-/m1/s1. The van der Waals surface area contributed by atoms with Gasteiger partial charge in [-0.05, 0) is 42.7 Å². The highest BCUT2D eigenvalue weighted by molar-refractivity contribution is 5.82. The van der Waals surface area contributed by atoms with E-state index >= 15 is 0 Å². The highest BCUT2D eigenvalue weighted by Gasteiger charge is 2.26. The SMILES string of the molecule is C[C@@H]1Cc2ccccc2N1Cc1cc(=O)oc2cc(O)ccc12. The van der Waals surface area contributed by atoms with E-state index in [1.807, 2.05) is 6.07 Å². The second-order valence-electron chi connectivity index (χ2n) is 6.08. The van der Waals surface area contributed by atoms with Crippen molar-refractivity contribution >= 4 is 16.7 Å². The van der Waals surface area contributed by atoms with Crippen molar-refractivity contribution in [1.82, 2.24) is 0 Å². The zero-order valence-electron chi connectivity index (χ0n) is 12.8. The number of para-hydroxylation sites is 1. The fraction of sp³-hybridized carbons (Fsp3) is 0.211. The summed E-state index contributed by atoms with van der Waals surface area (Å²) in [6.45, 7) is 2.84. The monoisotopic (exact) mass is 307 g/mol. The lowest BCUT2D eigenvalue weighted by atomic mass is 10.1. The molecule has 1 aliphatic rings. The largest absolute Gasteiger partial charge is 0.508 e. The summed E-state index contributed by atoms with van der Waals surface area (Å²) in [5, 5.41) is 10.5. The Labute approximate surface area is 133 Å². The fourth-order valence-electron chi connectivity index (χ4n) is 3.40. The molecule has 3 aromatic rings. The Morgan fingerprint density at radius 1 is 1.22 bits per heavy atom. The van der Waals surface area contributed by atoms with Gasteiger partial charge in [-0.15, -0.1) is 0 Å². The maximum Gasteiger partial charge on any atom is 0.336 e. The maximum atomic E-state index is 11.8. The van der Waals surface area contributed by atoms with Crippen LogP contribution in [0.4, 0.5) is 5.69 Å². The summed E-state index contributed by atoms with van der Waals surface area (Å²) in [5.74, 6) is 0.0951. The molecule has 0 saturated heterocycles. The van der Waals surface area contributed by atoms with Crippen molar-refractivity contribution in [2.75, 3.05) is 4.90 Å². The van der Waals surface area contributed by atoms with E-state index < -0.39 is 5.63 Å². The van der Waals surface area contributed by atoms with Crippen molar-refractivity contribution < 1.29 is 9.52 Å². The summed E-state index contributed by atoms with van der Waals surface area (Å²) in [5.41, 5.74) is 3.51. The molecule has 1 aliphatic heterocycles. The van der Waals surface area contributed by atoms with Gasteiger partial charge in [0.25, 0.3) is 0 Å². The minimum absolute atomic E-state index is 0.0951. The van der Waals surface area contributed by atoms with Crippen LogP contribution in [0.2, 0.25) is 0 Å². The topological polar surface area (TPSA) is 53.7 Å². The Morgan fingerprint density at radius 2 is 2.04 bits per heavy atom. The molecule has 0 spiro atoms. The van der Waals surface area contributed by atoms with Crippen molar-refractivity contribution in [3.63, 3.8) is 0 Å². The summed E-state index contributed by atoms with van der Waals surface area (Å²) in [6.07, 6.45) is 1.01. The Bertz CT molecular complexity index is 945. The molecule has 4 heteroatoms. The van der Waals surface area contributed by atoms with E-state index in [0.29, 0.717) is 18.2 Å². The molecule has 4 rings (SSSR count). The molecule has 0 saturated carbocycles. The molecule has 0 radical (unpaired) electrons. The van der Waals surface area contributed by atoms with Crippen molar-refractivity contribution in [2.45, 2.75) is 25.9 Å². The van der Waals surface area contributed by atoms with Crippen LogP contribution in [0.3, 0.4) is 0 Å². The minimum Gasteiger partial charge on any atom is -0.508 e. The summed E-state index contributed by atoms with van der Waals surface area (Å²) in [6, 6.07) is 15.2.